The van der Waals surface area contributed by atoms with Gasteiger partial charge in [-0.25, -0.2) is 0 Å². The summed E-state index contributed by atoms with van der Waals surface area (Å²) in [7, 11) is 1.61. The number of ketones is 1. The summed E-state index contributed by atoms with van der Waals surface area (Å²) < 4.78 is 7.82. The van der Waals surface area contributed by atoms with Gasteiger partial charge in [-0.05, 0) is 0 Å². The van der Waals surface area contributed by atoms with Gasteiger partial charge in [-0.2, -0.15) is 0 Å². The van der Waals surface area contributed by atoms with Crippen molar-refractivity contribution in [1.82, 2.24) is 0 Å². The van der Waals surface area contributed by atoms with Crippen LogP contribution in [-0.4, -0.2) is 36.9 Å². The van der Waals surface area contributed by atoms with E-state index in [1.165, 1.54) is 12.7 Å². The van der Waals surface area contributed by atoms with E-state index >= 15 is 0 Å². The number of hydrogen-bond acceptors (Lipinski definition) is 2. The van der Waals surface area contributed by atoms with Gasteiger partial charge in [-0.3, -0.25) is 0 Å². The van der Waals surface area contributed by atoms with Crippen LogP contribution in [0.4, 0.5) is 0 Å². The van der Waals surface area contributed by atoms with Crippen LogP contribution in [-0.2, 0) is 9.53 Å². The molecule has 95 valence electrons. The summed E-state index contributed by atoms with van der Waals surface area (Å²) in [6.07, 6.45) is 7.79. The molecule has 1 aliphatic heterocycles. The first kappa shape index (κ1) is 12.6. The number of rotatable bonds is 2. The van der Waals surface area contributed by atoms with Crippen molar-refractivity contribution in [2.45, 2.75) is 0 Å². The third kappa shape index (κ3) is 2.49. The van der Waals surface area contributed by atoms with Crippen LogP contribution < -0.4 is 0 Å². The summed E-state index contributed by atoms with van der Waals surface area (Å²) in [4.78, 5) is 12.0. The topological polar surface area (TPSA) is 26.3 Å². The number of allylic oxidation sites excluding steroid dienone is 5. The molecule has 1 aromatic rings. The molecule has 0 spiro atoms. The number of carbonyl (C=O) groups excluding carboxylic acids is 1. The maximum absolute atomic E-state index is 12.0. The van der Waals surface area contributed by atoms with Crippen molar-refractivity contribution in [3.63, 3.8) is 0 Å². The number of hydrogen-bond donors (Lipinski definition) is 0. The summed E-state index contributed by atoms with van der Waals surface area (Å²) in [6.45, 7) is 0. The van der Waals surface area contributed by atoms with E-state index in [2.05, 4.69) is 30.3 Å². The quantitative estimate of drug-likeness (QED) is 0.751. The van der Waals surface area contributed by atoms with Gasteiger partial charge in [-0.15, -0.1) is 0 Å². The van der Waals surface area contributed by atoms with Crippen molar-refractivity contribution in [3.8, 4) is 0 Å². The van der Waals surface area contributed by atoms with Gasteiger partial charge in [-0.1, -0.05) is 0 Å². The van der Waals surface area contributed by atoms with Crippen LogP contribution >= 0.6 is 0 Å². The third-order valence-corrected chi connectivity index (χ3v) is 6.57. The molecule has 1 atom stereocenters. The van der Waals surface area contributed by atoms with Crippen molar-refractivity contribution < 1.29 is 9.53 Å². The molecule has 3 heteroatoms. The minimum absolute atomic E-state index is 0.0474. The normalized spacial score (nSPS) is 21.2. The Morgan fingerprint density at radius 2 is 1.95 bits per heavy atom. The van der Waals surface area contributed by atoms with Crippen LogP contribution in [0, 0.1) is 5.92 Å². The summed E-state index contributed by atoms with van der Waals surface area (Å²) in [5.74, 6) is 0.778. The number of benzene rings is 1. The number of ether oxygens (including phenoxy) is 1. The average Bonchev–Trinajstić information content (AvgIpc) is 2.47. The molecule has 2 aliphatic rings. The van der Waals surface area contributed by atoms with E-state index in [1.54, 1.807) is 13.2 Å². The summed E-state index contributed by atoms with van der Waals surface area (Å²) in [5, 5.41) is 0. The zero-order valence-corrected chi connectivity index (χ0v) is 12.8. The zero-order chi connectivity index (χ0) is 13.2. The Morgan fingerprint density at radius 3 is 2.68 bits per heavy atom. The summed E-state index contributed by atoms with van der Waals surface area (Å²) in [6, 6.07) is 10.4. The molecule has 19 heavy (non-hydrogen) atoms. The van der Waals surface area contributed by atoms with Crippen LogP contribution in [0.15, 0.2) is 64.0 Å². The molecule has 1 aliphatic carbocycles. The Labute approximate surface area is 122 Å². The van der Waals surface area contributed by atoms with Gasteiger partial charge in [0.25, 0.3) is 0 Å². The van der Waals surface area contributed by atoms with Gasteiger partial charge < -0.3 is 0 Å². The van der Waals surface area contributed by atoms with Crippen LogP contribution in [0.3, 0.4) is 0 Å². The van der Waals surface area contributed by atoms with Gasteiger partial charge in [0.05, 0.1) is 0 Å². The second-order valence-corrected chi connectivity index (χ2v) is 7.55. The van der Waals surface area contributed by atoms with E-state index in [4.69, 9.17) is 4.74 Å². The number of carbonyl (C=O) groups is 1. The monoisotopic (exact) mass is 367 g/mol. The maximum atomic E-state index is 12.0. The summed E-state index contributed by atoms with van der Waals surface area (Å²) >= 11 is -0.503. The molecule has 1 aromatic carbocycles. The molecule has 0 N–H and O–H groups in total. The van der Waals surface area contributed by atoms with Crippen molar-refractivity contribution in [2.75, 3.05) is 7.11 Å². The first-order valence-electron chi connectivity index (χ1n) is 6.07. The van der Waals surface area contributed by atoms with Gasteiger partial charge in [0.1, 0.15) is 0 Å². The van der Waals surface area contributed by atoms with Gasteiger partial charge in [0.15, 0.2) is 0 Å². The van der Waals surface area contributed by atoms with E-state index in [1.807, 2.05) is 18.2 Å². The zero-order valence-electron chi connectivity index (χ0n) is 10.5. The predicted octanol–water partition coefficient (Wildman–Crippen LogP) is 2.09. The molecule has 1 unspecified atom stereocenters. The molecule has 0 saturated carbocycles. The van der Waals surface area contributed by atoms with Crippen LogP contribution in [0.1, 0.15) is 5.56 Å². The molecular formula is C16H13O2Te. The molecule has 0 saturated heterocycles. The minimum atomic E-state index is -0.503. The fourth-order valence-corrected chi connectivity index (χ4v) is 5.43. The Morgan fingerprint density at radius 1 is 1.16 bits per heavy atom. The second-order valence-electron chi connectivity index (χ2n) is 4.37. The Kier molecular flexibility index (Phi) is 3.50. The first-order valence-corrected chi connectivity index (χ1v) is 8.40. The molecule has 1 radical (unpaired) electrons. The molecule has 1 heterocycles. The van der Waals surface area contributed by atoms with Crippen LogP contribution in [0.2, 0.25) is 0 Å². The van der Waals surface area contributed by atoms with Gasteiger partial charge in [0, 0.05) is 0 Å². The van der Waals surface area contributed by atoms with Gasteiger partial charge in [0.2, 0.25) is 0 Å². The van der Waals surface area contributed by atoms with Gasteiger partial charge >= 0.3 is 122 Å². The third-order valence-electron chi connectivity index (χ3n) is 3.14. The van der Waals surface area contributed by atoms with Crippen molar-refractivity contribution in [3.05, 3.63) is 69.6 Å². The molecule has 3 rings (SSSR count). The van der Waals surface area contributed by atoms with Crippen LogP contribution in [0.5, 0.6) is 0 Å². The van der Waals surface area contributed by atoms with Crippen LogP contribution in [0.25, 0.3) is 0 Å². The standard InChI is InChI=1S/C16H13O2Te/c1-18-12-9-14(17)13-7-8-15(19-16(13)10-12)11-5-3-2-4-6-11/h2-10,13H,1H3. The van der Waals surface area contributed by atoms with Crippen molar-refractivity contribution >= 4 is 29.8 Å². The molecule has 2 nitrogen and oxygen atoms in total. The first-order chi connectivity index (χ1) is 9.28. The predicted molar refractivity (Wildman–Crippen MR) is 77.1 cm³/mol. The molecule has 0 fully saturated rings. The Hall–Kier alpha value is -1.43. The van der Waals surface area contributed by atoms with E-state index in [9.17, 15) is 4.79 Å². The van der Waals surface area contributed by atoms with E-state index in [-0.39, 0.29) is 11.7 Å². The number of methoxy groups -OCH3 is 1. The van der Waals surface area contributed by atoms with E-state index in [0.717, 1.165) is 0 Å². The molecule has 0 bridgehead atoms. The van der Waals surface area contributed by atoms with Crippen molar-refractivity contribution in [1.29, 1.82) is 0 Å². The Bertz CT molecular complexity index is 636. The van der Waals surface area contributed by atoms with Crippen molar-refractivity contribution in [2.24, 2.45) is 5.92 Å². The fraction of sp³-hybridized carbons (Fsp3) is 0.125. The Balaban J connectivity index is 2.01. The average molecular weight is 365 g/mol. The summed E-state index contributed by atoms with van der Waals surface area (Å²) in [5.41, 5.74) is 1.27. The molecular weight excluding hydrogens is 352 g/mol. The molecule has 0 amide bonds. The fourth-order valence-electron chi connectivity index (χ4n) is 2.14. The number of fused-ring (bicyclic) bond motifs is 1. The molecule has 0 aromatic heterocycles. The SMILES string of the molecule is COC1=CC(=O)C2C=CC(c3ccccc3)=[Te]C2=C1. The van der Waals surface area contributed by atoms with E-state index < -0.39 is 20.5 Å². The van der Waals surface area contributed by atoms with E-state index in [0.29, 0.717) is 5.76 Å². The second kappa shape index (κ2) is 5.28.